The van der Waals surface area contributed by atoms with Crippen LogP contribution in [0.3, 0.4) is 0 Å². The van der Waals surface area contributed by atoms with E-state index in [1.807, 2.05) is 30.3 Å². The number of hydrogen-bond acceptors (Lipinski definition) is 18. The van der Waals surface area contributed by atoms with Gasteiger partial charge < -0.3 is 45.6 Å². The first-order chi connectivity index (χ1) is 45.3. The summed E-state index contributed by atoms with van der Waals surface area (Å²) in [6.45, 7) is 11.4. The van der Waals surface area contributed by atoms with E-state index >= 15 is 0 Å². The second kappa shape index (κ2) is 28.4. The third-order valence-corrected chi connectivity index (χ3v) is 20.2. The molecule has 0 bridgehead atoms. The standard InChI is InChI=1S/C67H83F2N17O7/c68-60(69)58-51(74-64(89)50-39-72-84-34-24-54(76-63(50)84)83-35-37-93-38-36-83)42-85(78-58)48-15-9-44(10-16-48)41-80-29-19-43(20-30-80)21-33-81(52-8-6-7-49-57(52)67(92)86(66(49)91)53-17-18-56(87)77-65(53)90)26-5-4-25-79-31-22-46(23-32-79)45-11-13-47(14-12-45)73-62-59(61(70)88)71-40-55(75-62)82-27-2-1-3-28-82/h6-8,11-14,24,34,39-40,42-44,46,48,53,60H,1-5,9-10,15-23,25-33,35-38,41H2,(H2,70,88)(H,73,75)(H,74,89)(H,77,87,90). The number of fused-ring (bicyclic) bond motifs is 2. The van der Waals surface area contributed by atoms with Gasteiger partial charge in [-0.3, -0.25) is 43.7 Å². The molecular weight excluding hydrogens is 1190 g/mol. The monoisotopic (exact) mass is 1280 g/mol. The molecule has 1 unspecified atom stereocenters. The SMILES string of the molecule is NC(=O)c1ncc(N2CCCCC2)nc1Nc1ccc(C2CCN(CCCCN(CCC3CCN(CC4CCC(n5cc(NC(=O)c6cnn7ccc(N8CCOCC8)nc67)c(C(F)F)n5)CC4)CC3)c3cccc4c3C(=O)N(C3CCC(=O)NC3=O)C4=O)CC2)cc1. The van der Waals surface area contributed by atoms with Crippen LogP contribution in [0.4, 0.5) is 43.3 Å². The third-order valence-electron chi connectivity index (χ3n) is 20.2. The number of hydrogen-bond donors (Lipinski definition) is 4. The summed E-state index contributed by atoms with van der Waals surface area (Å²) in [7, 11) is 0. The van der Waals surface area contributed by atoms with Crippen molar-refractivity contribution in [1.29, 1.82) is 0 Å². The van der Waals surface area contributed by atoms with E-state index in [2.05, 4.69) is 67.8 Å². The molecule has 5 N–H and O–H groups in total. The van der Waals surface area contributed by atoms with Gasteiger partial charge in [-0.05, 0) is 183 Å². The smallest absolute Gasteiger partial charge is 0.284 e. The second-order valence-electron chi connectivity index (χ2n) is 26.1. The van der Waals surface area contributed by atoms with Gasteiger partial charge in [-0.25, -0.2) is 28.2 Å². The maximum absolute atomic E-state index is 14.5. The summed E-state index contributed by atoms with van der Waals surface area (Å²) < 4.78 is 37.6. The van der Waals surface area contributed by atoms with Gasteiger partial charge in [-0.15, -0.1) is 0 Å². The summed E-state index contributed by atoms with van der Waals surface area (Å²) in [5.41, 5.74) is 9.19. The highest BCUT2D eigenvalue weighted by Crippen LogP contribution is 2.39. The van der Waals surface area contributed by atoms with E-state index in [1.165, 1.54) is 28.9 Å². The van der Waals surface area contributed by atoms with Crippen molar-refractivity contribution < 1.29 is 42.3 Å². The van der Waals surface area contributed by atoms with Crippen LogP contribution in [0.5, 0.6) is 0 Å². The van der Waals surface area contributed by atoms with Gasteiger partial charge in [0, 0.05) is 70.3 Å². The Kier molecular flexibility index (Phi) is 19.3. The predicted molar refractivity (Wildman–Crippen MR) is 345 cm³/mol. The number of imide groups is 2. The predicted octanol–water partition coefficient (Wildman–Crippen LogP) is 7.98. The lowest BCUT2D eigenvalue weighted by Gasteiger charge is -2.37. The zero-order valence-electron chi connectivity index (χ0n) is 52.6. The minimum absolute atomic E-state index is 0.0248. The third kappa shape index (κ3) is 14.2. The van der Waals surface area contributed by atoms with Gasteiger partial charge in [0.1, 0.15) is 23.2 Å². The van der Waals surface area contributed by atoms with Crippen LogP contribution < -0.4 is 36.4 Å². The highest BCUT2D eigenvalue weighted by Gasteiger charge is 2.46. The number of alkyl halides is 2. The quantitative estimate of drug-likeness (QED) is 0.0371. The Balaban J connectivity index is 0.594. The molecule has 1 atom stereocenters. The first kappa shape index (κ1) is 63.3. The Morgan fingerprint density at radius 3 is 2.26 bits per heavy atom. The lowest BCUT2D eigenvalue weighted by molar-refractivity contribution is -0.136. The van der Waals surface area contributed by atoms with E-state index in [4.69, 9.17) is 20.4 Å². The molecule has 13 rings (SSSR count). The number of carbonyl (C=O) groups excluding carboxylic acids is 6. The van der Waals surface area contributed by atoms with Crippen molar-refractivity contribution in [2.45, 2.75) is 127 Å². The van der Waals surface area contributed by atoms with Crippen LogP contribution in [0.1, 0.15) is 174 Å². The number of morpholine rings is 1. The van der Waals surface area contributed by atoms with Crippen molar-refractivity contribution in [3.63, 3.8) is 0 Å². The molecule has 7 aliphatic rings. The highest BCUT2D eigenvalue weighted by molar-refractivity contribution is 6.25. The van der Waals surface area contributed by atoms with Gasteiger partial charge in [-0.1, -0.05) is 18.2 Å². The summed E-state index contributed by atoms with van der Waals surface area (Å²) in [6, 6.07) is 14.5. The van der Waals surface area contributed by atoms with Crippen molar-refractivity contribution in [3.8, 4) is 0 Å². The second-order valence-corrected chi connectivity index (χ2v) is 26.1. The molecule has 24 nitrogen and oxygen atoms in total. The van der Waals surface area contributed by atoms with Crippen LogP contribution >= 0.6 is 0 Å². The molecule has 4 aromatic heterocycles. The topological polar surface area (TPSA) is 267 Å². The fourth-order valence-electron chi connectivity index (χ4n) is 14.9. The molecule has 5 saturated heterocycles. The minimum atomic E-state index is -2.89. The molecule has 6 aromatic rings. The van der Waals surface area contributed by atoms with Crippen molar-refractivity contribution in [2.75, 3.05) is 117 Å². The van der Waals surface area contributed by atoms with Crippen LogP contribution in [0.15, 0.2) is 73.3 Å². The number of piperidine rings is 4. The number of anilines is 6. The number of nitrogens with two attached hydrogens (primary N) is 1. The number of aromatic nitrogens is 7. The van der Waals surface area contributed by atoms with Crippen LogP contribution in [0.25, 0.3) is 5.65 Å². The van der Waals surface area contributed by atoms with Crippen LogP contribution in [-0.2, 0) is 14.3 Å². The van der Waals surface area contributed by atoms with E-state index < -0.39 is 53.6 Å². The maximum Gasteiger partial charge on any atom is 0.284 e. The molecule has 0 spiro atoms. The van der Waals surface area contributed by atoms with E-state index in [9.17, 15) is 37.5 Å². The van der Waals surface area contributed by atoms with E-state index in [-0.39, 0.29) is 41.4 Å². The molecule has 26 heteroatoms. The zero-order chi connectivity index (χ0) is 64.1. The largest absolute Gasteiger partial charge is 0.378 e. The van der Waals surface area contributed by atoms with Gasteiger partial charge in [-0.2, -0.15) is 10.2 Å². The fraction of sp³-hybridized carbons (Fsp3) is 0.537. The summed E-state index contributed by atoms with van der Waals surface area (Å²) in [4.78, 5) is 106. The summed E-state index contributed by atoms with van der Waals surface area (Å²) in [6.07, 6.45) is 17.1. The van der Waals surface area contributed by atoms with E-state index in [0.29, 0.717) is 85.7 Å². The number of benzene rings is 2. The number of amides is 6. The number of likely N-dealkylation sites (tertiary alicyclic amines) is 2. The molecule has 1 saturated carbocycles. The lowest BCUT2D eigenvalue weighted by atomic mass is 9.85. The molecule has 492 valence electrons. The van der Waals surface area contributed by atoms with Gasteiger partial charge in [0.2, 0.25) is 11.8 Å². The number of halogens is 2. The first-order valence-electron chi connectivity index (χ1n) is 33.5. The number of unbranched alkanes of at least 4 members (excludes halogenated alkanes) is 1. The fourth-order valence-corrected chi connectivity index (χ4v) is 14.9. The normalized spacial score (nSPS) is 21.4. The van der Waals surface area contributed by atoms with Crippen molar-refractivity contribution in [1.82, 2.24) is 54.4 Å². The minimum Gasteiger partial charge on any atom is -0.378 e. The molecule has 10 heterocycles. The van der Waals surface area contributed by atoms with E-state index in [1.54, 1.807) is 23.1 Å². The maximum atomic E-state index is 14.5. The van der Waals surface area contributed by atoms with E-state index in [0.717, 1.165) is 152 Å². The Hall–Kier alpha value is -8.49. The number of rotatable bonds is 22. The molecule has 0 radical (unpaired) electrons. The molecule has 6 fully saturated rings. The average Bonchev–Trinajstić information content (AvgIpc) is 1.63. The first-order valence-corrected chi connectivity index (χ1v) is 33.5. The molecule has 93 heavy (non-hydrogen) atoms. The number of primary amides is 1. The number of nitrogens with zero attached hydrogens (tertiary/aromatic N) is 13. The van der Waals surface area contributed by atoms with Crippen molar-refractivity contribution in [3.05, 3.63) is 107 Å². The molecule has 6 amide bonds. The van der Waals surface area contributed by atoms with Gasteiger partial charge in [0.15, 0.2) is 22.9 Å². The Labute approximate surface area is 538 Å². The summed E-state index contributed by atoms with van der Waals surface area (Å²) in [5, 5.41) is 17.0. The van der Waals surface area contributed by atoms with Crippen LogP contribution in [0, 0.1) is 11.8 Å². The highest BCUT2D eigenvalue weighted by atomic mass is 19.3. The summed E-state index contributed by atoms with van der Waals surface area (Å²) >= 11 is 0. The number of carbonyl (C=O) groups is 6. The van der Waals surface area contributed by atoms with Gasteiger partial charge in [0.05, 0.1) is 54.2 Å². The van der Waals surface area contributed by atoms with Crippen molar-refractivity contribution in [2.24, 2.45) is 17.6 Å². The Bertz CT molecular complexity index is 3700. The molecular formula is C67H83F2N17O7. The Morgan fingerprint density at radius 2 is 1.52 bits per heavy atom. The molecule has 6 aliphatic heterocycles. The Morgan fingerprint density at radius 1 is 0.763 bits per heavy atom. The van der Waals surface area contributed by atoms with Crippen LogP contribution in [-0.4, -0.2) is 182 Å². The zero-order valence-corrected chi connectivity index (χ0v) is 52.6. The average molecular weight is 1280 g/mol. The van der Waals surface area contributed by atoms with Crippen LogP contribution in [0.2, 0.25) is 0 Å². The lowest BCUT2D eigenvalue weighted by Crippen LogP contribution is -2.54. The van der Waals surface area contributed by atoms with Gasteiger partial charge >= 0.3 is 0 Å². The number of ether oxygens (including phenoxy) is 1. The van der Waals surface area contributed by atoms with Crippen molar-refractivity contribution >= 4 is 75.6 Å². The summed E-state index contributed by atoms with van der Waals surface area (Å²) in [5.74, 6) is -0.209. The number of nitrogens with one attached hydrogen (secondary N) is 3. The van der Waals surface area contributed by atoms with Gasteiger partial charge in [0.25, 0.3) is 30.1 Å². The molecule has 1 aliphatic carbocycles. The molecule has 2 aromatic carbocycles.